The Morgan fingerprint density at radius 1 is 1.22 bits per heavy atom. The van der Waals surface area contributed by atoms with Gasteiger partial charge in [0.2, 0.25) is 0 Å². The monoisotopic (exact) mass is 309 g/mol. The largest absolute Gasteiger partial charge is 0.494 e. The smallest absolute Gasteiger partial charge is 0.266 e. The number of hydrogen-bond acceptors (Lipinski definition) is 3. The number of benzene rings is 1. The van der Waals surface area contributed by atoms with Gasteiger partial charge in [0.1, 0.15) is 10.2 Å². The van der Waals surface area contributed by atoms with E-state index in [-0.39, 0.29) is 5.91 Å². The molecule has 5 heteroatoms. The summed E-state index contributed by atoms with van der Waals surface area (Å²) in [6, 6.07) is 9.51. The van der Waals surface area contributed by atoms with E-state index in [1.54, 1.807) is 7.11 Å². The van der Waals surface area contributed by atoms with Gasteiger partial charge in [0.25, 0.3) is 5.91 Å². The fourth-order valence-corrected chi connectivity index (χ4v) is 2.20. The predicted octanol–water partition coefficient (Wildman–Crippen LogP) is 2.38. The van der Waals surface area contributed by atoms with Crippen molar-refractivity contribution in [3.05, 3.63) is 51.8 Å². The molecule has 1 heterocycles. The summed E-state index contributed by atoms with van der Waals surface area (Å²) in [6.45, 7) is 0. The SMILES string of the molecule is COC1=C(Br)C(=O)N/C1=C(/OC)c1ccccc1. The van der Waals surface area contributed by atoms with Crippen molar-refractivity contribution in [2.45, 2.75) is 0 Å². The number of methoxy groups -OCH3 is 2. The van der Waals surface area contributed by atoms with Crippen LogP contribution in [-0.4, -0.2) is 20.1 Å². The van der Waals surface area contributed by atoms with Gasteiger partial charge in [-0.05, 0) is 15.9 Å². The minimum atomic E-state index is -0.243. The molecular formula is C13H12BrNO3. The van der Waals surface area contributed by atoms with E-state index >= 15 is 0 Å². The van der Waals surface area contributed by atoms with E-state index in [1.165, 1.54) is 7.11 Å². The van der Waals surface area contributed by atoms with Crippen LogP contribution in [0.3, 0.4) is 0 Å². The Bertz CT molecular complexity index is 534. The van der Waals surface area contributed by atoms with Crippen molar-refractivity contribution < 1.29 is 14.3 Å². The highest BCUT2D eigenvalue weighted by Gasteiger charge is 2.30. The van der Waals surface area contributed by atoms with Crippen LogP contribution < -0.4 is 5.32 Å². The molecule has 0 bridgehead atoms. The summed E-state index contributed by atoms with van der Waals surface area (Å²) in [4.78, 5) is 11.6. The van der Waals surface area contributed by atoms with Gasteiger partial charge in [0, 0.05) is 5.56 Å². The highest BCUT2D eigenvalue weighted by molar-refractivity contribution is 9.12. The molecule has 0 aromatic heterocycles. The molecule has 0 atom stereocenters. The van der Waals surface area contributed by atoms with Gasteiger partial charge in [0.15, 0.2) is 11.5 Å². The van der Waals surface area contributed by atoms with Gasteiger partial charge >= 0.3 is 0 Å². The topological polar surface area (TPSA) is 47.6 Å². The quantitative estimate of drug-likeness (QED) is 0.872. The molecule has 1 aromatic rings. The third-order valence-corrected chi connectivity index (χ3v) is 3.26. The van der Waals surface area contributed by atoms with Crippen LogP contribution in [0.2, 0.25) is 0 Å². The van der Waals surface area contributed by atoms with E-state index in [0.717, 1.165) is 5.56 Å². The number of rotatable bonds is 3. The standard InChI is InChI=1S/C13H12BrNO3/c1-17-11(8-6-4-3-5-7-8)10-12(18-2)9(14)13(16)15-10/h3-7H,1-2H3,(H,15,16)/b11-10+. The average molecular weight is 310 g/mol. The van der Waals surface area contributed by atoms with E-state index in [0.29, 0.717) is 21.7 Å². The number of nitrogens with one attached hydrogen (secondary N) is 1. The Labute approximate surface area is 113 Å². The molecule has 1 N–H and O–H groups in total. The van der Waals surface area contributed by atoms with Crippen molar-refractivity contribution in [2.75, 3.05) is 14.2 Å². The second-order valence-corrected chi connectivity index (χ2v) is 4.37. The van der Waals surface area contributed by atoms with Crippen molar-refractivity contribution in [3.63, 3.8) is 0 Å². The zero-order chi connectivity index (χ0) is 13.1. The Kier molecular flexibility index (Phi) is 3.72. The van der Waals surface area contributed by atoms with Gasteiger partial charge in [-0.15, -0.1) is 0 Å². The molecule has 0 saturated carbocycles. The van der Waals surface area contributed by atoms with Crippen molar-refractivity contribution in [3.8, 4) is 0 Å². The normalized spacial score (nSPS) is 17.6. The number of hydrogen-bond donors (Lipinski definition) is 1. The van der Waals surface area contributed by atoms with E-state index in [2.05, 4.69) is 21.2 Å². The number of carbonyl (C=O) groups is 1. The molecule has 1 aliphatic heterocycles. The van der Waals surface area contributed by atoms with Gasteiger partial charge in [0.05, 0.1) is 14.2 Å². The second kappa shape index (κ2) is 5.27. The first-order chi connectivity index (χ1) is 8.69. The molecule has 94 valence electrons. The van der Waals surface area contributed by atoms with E-state index < -0.39 is 0 Å². The molecule has 1 aromatic carbocycles. The van der Waals surface area contributed by atoms with Gasteiger partial charge in [-0.25, -0.2) is 0 Å². The Balaban J connectivity index is 2.56. The van der Waals surface area contributed by atoms with Crippen LogP contribution in [0, 0.1) is 0 Å². The minimum Gasteiger partial charge on any atom is -0.494 e. The van der Waals surface area contributed by atoms with E-state index in [9.17, 15) is 4.79 Å². The summed E-state index contributed by atoms with van der Waals surface area (Å²) >= 11 is 3.19. The van der Waals surface area contributed by atoms with Gasteiger partial charge in [-0.1, -0.05) is 30.3 Å². The van der Waals surface area contributed by atoms with Gasteiger partial charge in [-0.2, -0.15) is 0 Å². The molecule has 18 heavy (non-hydrogen) atoms. The van der Waals surface area contributed by atoms with Crippen LogP contribution in [-0.2, 0) is 14.3 Å². The van der Waals surface area contributed by atoms with Crippen LogP contribution in [0.4, 0.5) is 0 Å². The molecule has 0 fully saturated rings. The maximum Gasteiger partial charge on any atom is 0.266 e. The van der Waals surface area contributed by atoms with Crippen LogP contribution in [0.1, 0.15) is 5.56 Å². The lowest BCUT2D eigenvalue weighted by atomic mass is 10.1. The van der Waals surface area contributed by atoms with Crippen molar-refractivity contribution in [1.82, 2.24) is 5.32 Å². The number of carbonyl (C=O) groups excluding carboxylic acids is 1. The zero-order valence-corrected chi connectivity index (χ0v) is 11.6. The van der Waals surface area contributed by atoms with Gasteiger partial charge < -0.3 is 14.8 Å². The van der Waals surface area contributed by atoms with Gasteiger partial charge in [-0.3, -0.25) is 4.79 Å². The predicted molar refractivity (Wildman–Crippen MR) is 71.5 cm³/mol. The maximum atomic E-state index is 11.6. The molecule has 0 unspecified atom stereocenters. The Hall–Kier alpha value is -1.75. The molecule has 4 nitrogen and oxygen atoms in total. The third kappa shape index (κ3) is 2.13. The molecule has 0 saturated heterocycles. The van der Waals surface area contributed by atoms with Crippen molar-refractivity contribution in [1.29, 1.82) is 0 Å². The zero-order valence-electron chi connectivity index (χ0n) is 9.99. The van der Waals surface area contributed by atoms with Crippen molar-refractivity contribution >= 4 is 27.6 Å². The first-order valence-electron chi connectivity index (χ1n) is 5.28. The molecule has 0 spiro atoms. The number of ether oxygens (including phenoxy) is 2. The van der Waals surface area contributed by atoms with Crippen LogP contribution >= 0.6 is 15.9 Å². The number of halogens is 1. The summed E-state index contributed by atoms with van der Waals surface area (Å²) in [6.07, 6.45) is 0. The fraction of sp³-hybridized carbons (Fsp3) is 0.154. The lowest BCUT2D eigenvalue weighted by Gasteiger charge is -2.12. The summed E-state index contributed by atoms with van der Waals surface area (Å²) in [5.41, 5.74) is 1.40. The molecule has 1 amide bonds. The first kappa shape index (κ1) is 12.7. The lowest BCUT2D eigenvalue weighted by molar-refractivity contribution is -0.115. The van der Waals surface area contributed by atoms with E-state index in [4.69, 9.17) is 9.47 Å². The minimum absolute atomic E-state index is 0.243. The Morgan fingerprint density at radius 3 is 2.44 bits per heavy atom. The van der Waals surface area contributed by atoms with Crippen LogP contribution in [0.5, 0.6) is 0 Å². The first-order valence-corrected chi connectivity index (χ1v) is 6.07. The van der Waals surface area contributed by atoms with Crippen molar-refractivity contribution in [2.24, 2.45) is 0 Å². The summed E-state index contributed by atoms with van der Waals surface area (Å²) in [5.74, 6) is 0.767. The maximum absolute atomic E-state index is 11.6. The highest BCUT2D eigenvalue weighted by atomic mass is 79.9. The molecule has 0 radical (unpaired) electrons. The molecule has 0 aliphatic carbocycles. The molecule has 2 rings (SSSR count). The summed E-state index contributed by atoms with van der Waals surface area (Å²) in [7, 11) is 3.07. The van der Waals surface area contributed by atoms with Crippen LogP contribution in [0.25, 0.3) is 5.76 Å². The summed E-state index contributed by atoms with van der Waals surface area (Å²) < 4.78 is 11.0. The Morgan fingerprint density at radius 2 is 1.89 bits per heavy atom. The van der Waals surface area contributed by atoms with Crippen LogP contribution in [0.15, 0.2) is 46.3 Å². The lowest BCUT2D eigenvalue weighted by Crippen LogP contribution is -2.17. The number of amides is 1. The second-order valence-electron chi connectivity index (χ2n) is 3.58. The average Bonchev–Trinajstić information content (AvgIpc) is 2.67. The fourth-order valence-electron chi connectivity index (χ4n) is 1.74. The molecular weight excluding hydrogens is 298 g/mol. The third-order valence-electron chi connectivity index (χ3n) is 2.54. The highest BCUT2D eigenvalue weighted by Crippen LogP contribution is 2.31. The van der Waals surface area contributed by atoms with E-state index in [1.807, 2.05) is 30.3 Å². The molecule has 1 aliphatic rings. The summed E-state index contributed by atoms with van der Waals surface area (Å²) in [5, 5.41) is 2.72.